The molecule has 0 aliphatic heterocycles. The van der Waals surface area contributed by atoms with E-state index in [0.717, 1.165) is 16.1 Å². The Morgan fingerprint density at radius 1 is 1.28 bits per heavy atom. The number of alkyl halides is 3. The number of hydrogen-bond donors (Lipinski definition) is 1. The van der Waals surface area contributed by atoms with E-state index in [1.165, 1.54) is 0 Å². The smallest absolute Gasteiger partial charge is 0.435 e. The maximum absolute atomic E-state index is 13.0. The van der Waals surface area contributed by atoms with Crippen LogP contribution in [0.5, 0.6) is 0 Å². The van der Waals surface area contributed by atoms with Gasteiger partial charge in [0.2, 0.25) is 0 Å². The summed E-state index contributed by atoms with van der Waals surface area (Å²) in [6.45, 7) is 1.68. The Balaban J connectivity index is 2.08. The van der Waals surface area contributed by atoms with Gasteiger partial charge in [0.05, 0.1) is 17.8 Å². The average Bonchev–Trinajstić information content (AvgIpc) is 2.98. The Kier molecular flexibility index (Phi) is 4.30. The van der Waals surface area contributed by atoms with Gasteiger partial charge in [0.25, 0.3) is 0 Å². The predicted octanol–water partition coefficient (Wildman–Crippen LogP) is 4.01. The van der Waals surface area contributed by atoms with E-state index in [1.54, 1.807) is 43.5 Å². The summed E-state index contributed by atoms with van der Waals surface area (Å²) < 4.78 is 44.7. The quantitative estimate of drug-likeness (QED) is 0.775. The van der Waals surface area contributed by atoms with Crippen molar-refractivity contribution < 1.29 is 22.7 Å². The lowest BCUT2D eigenvalue weighted by atomic mass is 10.2. The number of carbonyl (C=O) groups excluding carboxylic acids is 1. The minimum absolute atomic E-state index is 0.0910. The Bertz CT molecular complexity index is 921. The minimum Gasteiger partial charge on any atom is -0.450 e. The molecule has 6 nitrogen and oxygen atoms in total. The molecule has 3 rings (SSSR count). The maximum atomic E-state index is 13.0. The molecule has 0 aliphatic carbocycles. The molecule has 0 unspecified atom stereocenters. The highest BCUT2D eigenvalue weighted by atomic mass is 19.4. The first-order valence-corrected chi connectivity index (χ1v) is 7.34. The fourth-order valence-corrected chi connectivity index (χ4v) is 2.27. The Labute approximate surface area is 140 Å². The zero-order chi connectivity index (χ0) is 18.0. The highest BCUT2D eigenvalue weighted by Crippen LogP contribution is 2.31. The van der Waals surface area contributed by atoms with Gasteiger partial charge in [-0.25, -0.2) is 9.48 Å². The molecule has 0 saturated carbocycles. The molecule has 3 aromatic rings. The maximum Gasteiger partial charge on any atom is 0.435 e. The van der Waals surface area contributed by atoms with Crippen LogP contribution >= 0.6 is 0 Å². The predicted molar refractivity (Wildman–Crippen MR) is 84.5 cm³/mol. The molecule has 0 saturated heterocycles. The molecule has 25 heavy (non-hydrogen) atoms. The van der Waals surface area contributed by atoms with Gasteiger partial charge in [0.1, 0.15) is 5.82 Å². The van der Waals surface area contributed by atoms with Gasteiger partial charge >= 0.3 is 12.3 Å². The van der Waals surface area contributed by atoms with Crippen molar-refractivity contribution in [1.29, 1.82) is 0 Å². The number of hydrogen-bond acceptors (Lipinski definition) is 4. The molecule has 1 N–H and O–H groups in total. The normalized spacial score (nSPS) is 11.5. The van der Waals surface area contributed by atoms with Crippen LogP contribution < -0.4 is 5.32 Å². The van der Waals surface area contributed by atoms with Crippen molar-refractivity contribution in [2.75, 3.05) is 11.9 Å². The summed E-state index contributed by atoms with van der Waals surface area (Å²) in [7, 11) is 0. The van der Waals surface area contributed by atoms with E-state index in [-0.39, 0.29) is 12.4 Å². The molecule has 0 atom stereocenters. The molecule has 2 heterocycles. The van der Waals surface area contributed by atoms with Crippen molar-refractivity contribution in [1.82, 2.24) is 14.8 Å². The molecular weight excluding hydrogens is 337 g/mol. The number of pyridine rings is 1. The lowest BCUT2D eigenvalue weighted by Crippen LogP contribution is -2.16. The van der Waals surface area contributed by atoms with Crippen LogP contribution in [-0.4, -0.2) is 27.5 Å². The van der Waals surface area contributed by atoms with Crippen LogP contribution in [0.1, 0.15) is 12.6 Å². The van der Waals surface area contributed by atoms with E-state index in [2.05, 4.69) is 15.4 Å². The Morgan fingerprint density at radius 2 is 2.08 bits per heavy atom. The van der Waals surface area contributed by atoms with Gasteiger partial charge in [-0.05, 0) is 31.2 Å². The third-order valence-electron chi connectivity index (χ3n) is 3.34. The molecule has 0 radical (unpaired) electrons. The van der Waals surface area contributed by atoms with E-state index >= 15 is 0 Å². The minimum atomic E-state index is -4.64. The van der Waals surface area contributed by atoms with Gasteiger partial charge in [-0.15, -0.1) is 0 Å². The second-order valence-corrected chi connectivity index (χ2v) is 5.05. The number of nitrogens with zero attached hydrogens (tertiary/aromatic N) is 3. The third-order valence-corrected chi connectivity index (χ3v) is 3.34. The lowest BCUT2D eigenvalue weighted by molar-refractivity contribution is -0.141. The van der Waals surface area contributed by atoms with Crippen molar-refractivity contribution in [2.24, 2.45) is 0 Å². The van der Waals surface area contributed by atoms with Crippen molar-refractivity contribution in [3.05, 3.63) is 48.3 Å². The summed E-state index contributed by atoms with van der Waals surface area (Å²) in [5.41, 5.74) is -0.0808. The van der Waals surface area contributed by atoms with Crippen molar-refractivity contribution in [3.8, 4) is 5.69 Å². The number of ether oxygens (including phenoxy) is 1. The van der Waals surface area contributed by atoms with Crippen molar-refractivity contribution in [2.45, 2.75) is 13.1 Å². The second-order valence-electron chi connectivity index (χ2n) is 5.05. The molecular formula is C16H13F3N4O2. The van der Waals surface area contributed by atoms with Crippen LogP contribution in [0.15, 0.2) is 42.6 Å². The standard InChI is InChI=1S/C16H13F3N4O2/c1-2-25-15(24)21-14-9-13(16(17,18)19)22-23(14)11-5-6-12-10(8-11)4-3-7-20-12/h3-9H,2H2,1H3,(H,21,24). The molecule has 0 fully saturated rings. The van der Waals surface area contributed by atoms with E-state index in [0.29, 0.717) is 11.2 Å². The first-order chi connectivity index (χ1) is 11.9. The zero-order valence-electron chi connectivity index (χ0n) is 13.0. The number of fused-ring (bicyclic) bond motifs is 1. The van der Waals surface area contributed by atoms with Crippen LogP contribution in [0.3, 0.4) is 0 Å². The van der Waals surface area contributed by atoms with Gasteiger partial charge in [0, 0.05) is 17.6 Å². The first kappa shape index (κ1) is 16.7. The van der Waals surface area contributed by atoms with E-state index in [4.69, 9.17) is 4.74 Å². The summed E-state index contributed by atoms with van der Waals surface area (Å²) in [4.78, 5) is 15.8. The van der Waals surface area contributed by atoms with Crippen molar-refractivity contribution >= 4 is 22.8 Å². The molecule has 1 amide bonds. The lowest BCUT2D eigenvalue weighted by Gasteiger charge is -2.09. The van der Waals surface area contributed by atoms with Gasteiger partial charge in [0.15, 0.2) is 5.69 Å². The average molecular weight is 350 g/mol. The summed E-state index contributed by atoms with van der Waals surface area (Å²) in [6.07, 6.45) is -3.89. The topological polar surface area (TPSA) is 69.0 Å². The van der Waals surface area contributed by atoms with Gasteiger partial charge < -0.3 is 4.74 Å². The van der Waals surface area contributed by atoms with Gasteiger partial charge in [-0.1, -0.05) is 6.07 Å². The molecule has 1 aromatic carbocycles. The van der Waals surface area contributed by atoms with Crippen LogP contribution in [0.4, 0.5) is 23.8 Å². The largest absolute Gasteiger partial charge is 0.450 e. The van der Waals surface area contributed by atoms with E-state index in [1.807, 2.05) is 0 Å². The number of benzene rings is 1. The molecule has 0 spiro atoms. The summed E-state index contributed by atoms with van der Waals surface area (Å²) in [6, 6.07) is 9.11. The summed E-state index contributed by atoms with van der Waals surface area (Å²) in [5.74, 6) is -0.144. The van der Waals surface area contributed by atoms with Crippen LogP contribution in [0.25, 0.3) is 16.6 Å². The molecule has 9 heteroatoms. The summed E-state index contributed by atoms with van der Waals surface area (Å²) in [5, 5.41) is 6.57. The molecule has 0 aliphatic rings. The molecule has 0 bridgehead atoms. The number of rotatable bonds is 3. The third kappa shape index (κ3) is 3.54. The van der Waals surface area contributed by atoms with Gasteiger partial charge in [-0.2, -0.15) is 18.3 Å². The van der Waals surface area contributed by atoms with E-state index < -0.39 is 18.0 Å². The number of carbonyl (C=O) groups is 1. The summed E-state index contributed by atoms with van der Waals surface area (Å²) >= 11 is 0. The Hall–Kier alpha value is -3.10. The van der Waals surface area contributed by atoms with Crippen LogP contribution in [0, 0.1) is 0 Å². The first-order valence-electron chi connectivity index (χ1n) is 7.34. The number of amides is 1. The van der Waals surface area contributed by atoms with Crippen molar-refractivity contribution in [3.63, 3.8) is 0 Å². The van der Waals surface area contributed by atoms with Crippen LogP contribution in [-0.2, 0) is 10.9 Å². The molecule has 2 aromatic heterocycles. The number of aromatic nitrogens is 3. The fourth-order valence-electron chi connectivity index (χ4n) is 2.27. The number of nitrogens with one attached hydrogen (secondary N) is 1. The Morgan fingerprint density at radius 3 is 2.80 bits per heavy atom. The zero-order valence-corrected chi connectivity index (χ0v) is 13.0. The second kappa shape index (κ2) is 6.42. The fraction of sp³-hybridized carbons (Fsp3) is 0.188. The number of anilines is 1. The SMILES string of the molecule is CCOC(=O)Nc1cc(C(F)(F)F)nn1-c1ccc2ncccc2c1. The number of halogens is 3. The highest BCUT2D eigenvalue weighted by Gasteiger charge is 2.35. The molecule has 130 valence electrons. The monoisotopic (exact) mass is 350 g/mol. The van der Waals surface area contributed by atoms with Gasteiger partial charge in [-0.3, -0.25) is 10.3 Å². The highest BCUT2D eigenvalue weighted by molar-refractivity contribution is 5.85. The van der Waals surface area contributed by atoms with E-state index in [9.17, 15) is 18.0 Å². The van der Waals surface area contributed by atoms with Crippen LogP contribution in [0.2, 0.25) is 0 Å².